The van der Waals surface area contributed by atoms with Gasteiger partial charge in [0.05, 0.1) is 0 Å². The lowest BCUT2D eigenvalue weighted by Gasteiger charge is -2.40. The van der Waals surface area contributed by atoms with Gasteiger partial charge >= 0.3 is 0 Å². The number of hydrogen-bond acceptors (Lipinski definition) is 1. The van der Waals surface area contributed by atoms with Crippen LogP contribution in [0.4, 0.5) is 0 Å². The Labute approximate surface area is 116 Å². The van der Waals surface area contributed by atoms with Crippen LogP contribution in [0.3, 0.4) is 0 Å². The first-order chi connectivity index (χ1) is 8.66. The molecule has 1 aliphatic rings. The van der Waals surface area contributed by atoms with Gasteiger partial charge in [-0.3, -0.25) is 0 Å². The first-order valence-electron chi connectivity index (χ1n) is 7.12. The van der Waals surface area contributed by atoms with E-state index in [0.717, 1.165) is 11.6 Å². The quantitative estimate of drug-likeness (QED) is 0.851. The monoisotopic (exact) mass is 265 g/mol. The van der Waals surface area contributed by atoms with Gasteiger partial charge in [-0.25, -0.2) is 0 Å². The van der Waals surface area contributed by atoms with E-state index in [0.29, 0.717) is 11.3 Å². The molecule has 2 N–H and O–H groups in total. The molecule has 0 bridgehead atoms. The predicted octanol–water partition coefficient (Wildman–Crippen LogP) is 4.53. The van der Waals surface area contributed by atoms with Crippen molar-refractivity contribution in [1.82, 2.24) is 0 Å². The van der Waals surface area contributed by atoms with E-state index in [1.807, 2.05) is 12.1 Å². The van der Waals surface area contributed by atoms with Crippen LogP contribution in [-0.4, -0.2) is 6.54 Å². The van der Waals surface area contributed by atoms with E-state index in [2.05, 4.69) is 19.1 Å². The summed E-state index contributed by atoms with van der Waals surface area (Å²) < 4.78 is 0. The molecule has 2 rings (SSSR count). The molecule has 1 aromatic rings. The second-order valence-electron chi connectivity index (χ2n) is 5.89. The van der Waals surface area contributed by atoms with Gasteiger partial charge in [-0.15, -0.1) is 0 Å². The molecule has 1 aliphatic carbocycles. The fourth-order valence-corrected chi connectivity index (χ4v) is 3.52. The number of benzene rings is 1. The van der Waals surface area contributed by atoms with Gasteiger partial charge in [-0.05, 0) is 54.8 Å². The van der Waals surface area contributed by atoms with E-state index in [9.17, 15) is 0 Å². The SMILES string of the molecule is CC(CN)CC1(c2ccc(Cl)cc2)CCCCC1. The first-order valence-corrected chi connectivity index (χ1v) is 7.50. The number of hydrogen-bond donors (Lipinski definition) is 1. The highest BCUT2D eigenvalue weighted by atomic mass is 35.5. The Morgan fingerprint density at radius 1 is 1.17 bits per heavy atom. The molecule has 1 saturated carbocycles. The maximum Gasteiger partial charge on any atom is 0.0406 e. The highest BCUT2D eigenvalue weighted by Crippen LogP contribution is 2.44. The van der Waals surface area contributed by atoms with Gasteiger partial charge in [-0.2, -0.15) is 0 Å². The van der Waals surface area contributed by atoms with Gasteiger partial charge in [0, 0.05) is 5.02 Å². The smallest absolute Gasteiger partial charge is 0.0406 e. The van der Waals surface area contributed by atoms with Crippen molar-refractivity contribution in [3.63, 3.8) is 0 Å². The van der Waals surface area contributed by atoms with Crippen molar-refractivity contribution in [2.45, 2.75) is 50.9 Å². The molecule has 1 nitrogen and oxygen atoms in total. The summed E-state index contributed by atoms with van der Waals surface area (Å²) in [5, 5.41) is 0.830. The first kappa shape index (κ1) is 13.9. The Kier molecular flexibility index (Phi) is 4.69. The van der Waals surface area contributed by atoms with Crippen LogP contribution in [-0.2, 0) is 5.41 Å². The van der Waals surface area contributed by atoms with Crippen molar-refractivity contribution < 1.29 is 0 Å². The number of nitrogens with two attached hydrogens (primary N) is 1. The third-order valence-electron chi connectivity index (χ3n) is 4.41. The Bertz CT molecular complexity index is 365. The summed E-state index contributed by atoms with van der Waals surface area (Å²) >= 11 is 6.01. The molecule has 0 aliphatic heterocycles. The predicted molar refractivity (Wildman–Crippen MR) is 79.1 cm³/mol. The summed E-state index contributed by atoms with van der Waals surface area (Å²) in [5.41, 5.74) is 7.64. The molecule has 0 radical (unpaired) electrons. The van der Waals surface area contributed by atoms with Crippen LogP contribution in [0.25, 0.3) is 0 Å². The third kappa shape index (κ3) is 3.07. The minimum absolute atomic E-state index is 0.349. The zero-order chi connectivity index (χ0) is 13.0. The lowest BCUT2D eigenvalue weighted by molar-refractivity contribution is 0.241. The van der Waals surface area contributed by atoms with Crippen molar-refractivity contribution in [3.05, 3.63) is 34.9 Å². The molecular formula is C16H24ClN. The molecule has 0 aromatic heterocycles. The maximum absolute atomic E-state index is 6.01. The van der Waals surface area contributed by atoms with E-state index in [1.165, 1.54) is 44.1 Å². The van der Waals surface area contributed by atoms with Crippen LogP contribution in [0.2, 0.25) is 5.02 Å². The minimum atomic E-state index is 0.349. The molecule has 0 heterocycles. The van der Waals surface area contributed by atoms with Crippen LogP contribution in [0.15, 0.2) is 24.3 Å². The standard InChI is InChI=1S/C16H24ClN/c1-13(12-18)11-16(9-3-2-4-10-16)14-5-7-15(17)8-6-14/h5-8,13H,2-4,9-12,18H2,1H3. The summed E-state index contributed by atoms with van der Waals surface area (Å²) in [6.45, 7) is 3.06. The van der Waals surface area contributed by atoms with Crippen LogP contribution < -0.4 is 5.73 Å². The van der Waals surface area contributed by atoms with E-state index >= 15 is 0 Å². The van der Waals surface area contributed by atoms with Crippen molar-refractivity contribution in [2.75, 3.05) is 6.54 Å². The maximum atomic E-state index is 6.01. The molecule has 1 unspecified atom stereocenters. The van der Waals surface area contributed by atoms with Gasteiger partial charge in [-0.1, -0.05) is 49.9 Å². The number of rotatable bonds is 4. The van der Waals surface area contributed by atoms with E-state index in [1.54, 1.807) is 0 Å². The minimum Gasteiger partial charge on any atom is -0.330 e. The fraction of sp³-hybridized carbons (Fsp3) is 0.625. The van der Waals surface area contributed by atoms with Crippen LogP contribution in [0.1, 0.15) is 51.0 Å². The molecule has 0 spiro atoms. The fourth-order valence-electron chi connectivity index (χ4n) is 3.39. The summed E-state index contributed by atoms with van der Waals surface area (Å²) in [7, 11) is 0. The van der Waals surface area contributed by atoms with E-state index < -0.39 is 0 Å². The normalized spacial score (nSPS) is 20.6. The Balaban J connectivity index is 2.25. The van der Waals surface area contributed by atoms with Gasteiger partial charge in [0.15, 0.2) is 0 Å². The van der Waals surface area contributed by atoms with Crippen LogP contribution >= 0.6 is 11.6 Å². The molecule has 1 atom stereocenters. The van der Waals surface area contributed by atoms with Gasteiger partial charge in [0.1, 0.15) is 0 Å². The highest BCUT2D eigenvalue weighted by Gasteiger charge is 2.34. The zero-order valence-corrected chi connectivity index (χ0v) is 12.0. The second-order valence-corrected chi connectivity index (χ2v) is 6.33. The Morgan fingerprint density at radius 3 is 2.33 bits per heavy atom. The molecule has 100 valence electrons. The second kappa shape index (κ2) is 6.08. The van der Waals surface area contributed by atoms with Gasteiger partial charge < -0.3 is 5.73 Å². The molecule has 0 amide bonds. The molecule has 1 aromatic carbocycles. The molecule has 2 heteroatoms. The Morgan fingerprint density at radius 2 is 1.78 bits per heavy atom. The van der Waals surface area contributed by atoms with Crippen LogP contribution in [0, 0.1) is 5.92 Å². The lowest BCUT2D eigenvalue weighted by Crippen LogP contribution is -2.32. The summed E-state index contributed by atoms with van der Waals surface area (Å²) in [4.78, 5) is 0. The van der Waals surface area contributed by atoms with E-state index in [4.69, 9.17) is 17.3 Å². The van der Waals surface area contributed by atoms with Crippen LogP contribution in [0.5, 0.6) is 0 Å². The van der Waals surface area contributed by atoms with Crippen molar-refractivity contribution in [1.29, 1.82) is 0 Å². The highest BCUT2D eigenvalue weighted by molar-refractivity contribution is 6.30. The van der Waals surface area contributed by atoms with Crippen molar-refractivity contribution >= 4 is 11.6 Å². The van der Waals surface area contributed by atoms with E-state index in [-0.39, 0.29) is 0 Å². The summed E-state index contributed by atoms with van der Waals surface area (Å²) in [5.74, 6) is 0.596. The Hall–Kier alpha value is -0.530. The molecule has 0 saturated heterocycles. The largest absolute Gasteiger partial charge is 0.330 e. The summed E-state index contributed by atoms with van der Waals surface area (Å²) in [6.07, 6.45) is 7.90. The zero-order valence-electron chi connectivity index (χ0n) is 11.3. The third-order valence-corrected chi connectivity index (χ3v) is 4.66. The van der Waals surface area contributed by atoms with Gasteiger partial charge in [0.2, 0.25) is 0 Å². The van der Waals surface area contributed by atoms with Gasteiger partial charge in [0.25, 0.3) is 0 Å². The van der Waals surface area contributed by atoms with Crippen molar-refractivity contribution in [3.8, 4) is 0 Å². The molecule has 1 fully saturated rings. The number of halogens is 1. The topological polar surface area (TPSA) is 26.0 Å². The lowest BCUT2D eigenvalue weighted by atomic mass is 9.65. The molecular weight excluding hydrogens is 242 g/mol. The average molecular weight is 266 g/mol. The van der Waals surface area contributed by atoms with Crippen molar-refractivity contribution in [2.24, 2.45) is 11.7 Å². The molecule has 18 heavy (non-hydrogen) atoms. The summed E-state index contributed by atoms with van der Waals surface area (Å²) in [6, 6.07) is 8.49. The average Bonchev–Trinajstić information content (AvgIpc) is 2.40.